The van der Waals surface area contributed by atoms with Gasteiger partial charge in [-0.3, -0.25) is 9.59 Å². The van der Waals surface area contributed by atoms with Crippen LogP contribution in [0, 0.1) is 13.8 Å². The van der Waals surface area contributed by atoms with Gasteiger partial charge in [-0.15, -0.1) is 0 Å². The van der Waals surface area contributed by atoms with E-state index in [1.807, 2.05) is 45.9 Å². The lowest BCUT2D eigenvalue weighted by Gasteiger charge is -2.13. The van der Waals surface area contributed by atoms with Gasteiger partial charge in [-0.05, 0) is 45.7 Å². The number of aromatic nitrogens is 2. The first-order valence-electron chi connectivity index (χ1n) is 10.2. The number of aryl methyl sites for hydroxylation is 2. The van der Waals surface area contributed by atoms with Gasteiger partial charge in [-0.1, -0.05) is 17.7 Å². The molecule has 3 rings (SSSR count). The van der Waals surface area contributed by atoms with Crippen LogP contribution in [0.3, 0.4) is 0 Å². The van der Waals surface area contributed by atoms with Gasteiger partial charge in [0.15, 0.2) is 9.84 Å². The van der Waals surface area contributed by atoms with E-state index >= 15 is 0 Å². The van der Waals surface area contributed by atoms with E-state index in [4.69, 9.17) is 4.74 Å². The number of nitrogens with zero attached hydrogens (tertiary/aromatic N) is 2. The summed E-state index contributed by atoms with van der Waals surface area (Å²) in [7, 11) is -3.33. The van der Waals surface area contributed by atoms with Crippen LogP contribution in [0.1, 0.15) is 42.7 Å². The van der Waals surface area contributed by atoms with E-state index < -0.39 is 21.7 Å². The highest BCUT2D eigenvalue weighted by atomic mass is 32.2. The van der Waals surface area contributed by atoms with Gasteiger partial charge >= 0.3 is 11.8 Å². The van der Waals surface area contributed by atoms with Gasteiger partial charge in [0.2, 0.25) is 0 Å². The van der Waals surface area contributed by atoms with Crippen LogP contribution in [-0.2, 0) is 35.7 Å². The van der Waals surface area contributed by atoms with Crippen molar-refractivity contribution in [3.05, 3.63) is 40.6 Å². The summed E-state index contributed by atoms with van der Waals surface area (Å²) in [5.41, 5.74) is 3.50. The van der Waals surface area contributed by atoms with Crippen LogP contribution in [0.4, 0.5) is 5.82 Å². The van der Waals surface area contributed by atoms with Gasteiger partial charge in [-0.25, -0.2) is 13.1 Å². The van der Waals surface area contributed by atoms with Crippen molar-refractivity contribution in [3.63, 3.8) is 0 Å². The van der Waals surface area contributed by atoms with Crippen LogP contribution < -0.4 is 10.6 Å². The molecule has 10 heteroatoms. The molecule has 0 bridgehead atoms. The molecule has 0 fully saturated rings. The third kappa shape index (κ3) is 5.50. The Kier molecular flexibility index (Phi) is 6.80. The number of rotatable bonds is 7. The topological polar surface area (TPSA) is 119 Å². The molecule has 0 atom stereocenters. The minimum absolute atomic E-state index is 0.0999. The highest BCUT2D eigenvalue weighted by molar-refractivity contribution is 7.90. The van der Waals surface area contributed by atoms with E-state index in [2.05, 4.69) is 15.7 Å². The van der Waals surface area contributed by atoms with Crippen LogP contribution >= 0.6 is 0 Å². The monoisotopic (exact) mass is 448 g/mol. The van der Waals surface area contributed by atoms with Crippen molar-refractivity contribution in [2.24, 2.45) is 0 Å². The Balaban J connectivity index is 1.80. The minimum atomic E-state index is -3.33. The van der Waals surface area contributed by atoms with E-state index in [9.17, 15) is 18.0 Å². The van der Waals surface area contributed by atoms with Crippen molar-refractivity contribution in [2.45, 2.75) is 51.7 Å². The van der Waals surface area contributed by atoms with Crippen molar-refractivity contribution >= 4 is 27.5 Å². The fourth-order valence-corrected chi connectivity index (χ4v) is 4.92. The van der Waals surface area contributed by atoms with E-state index in [1.54, 1.807) is 0 Å². The molecule has 2 heterocycles. The molecule has 1 aliphatic heterocycles. The molecule has 0 saturated heterocycles. The predicted molar refractivity (Wildman–Crippen MR) is 117 cm³/mol. The Bertz CT molecular complexity index is 1110. The van der Waals surface area contributed by atoms with Crippen LogP contribution in [-0.4, -0.2) is 49.3 Å². The maximum absolute atomic E-state index is 12.5. The summed E-state index contributed by atoms with van der Waals surface area (Å²) in [6.45, 7) is 8.48. The van der Waals surface area contributed by atoms with Gasteiger partial charge in [0.25, 0.3) is 0 Å². The van der Waals surface area contributed by atoms with E-state index in [-0.39, 0.29) is 23.4 Å². The second-order valence-electron chi connectivity index (χ2n) is 7.99. The predicted octanol–water partition coefficient (Wildman–Crippen LogP) is 1.79. The summed E-state index contributed by atoms with van der Waals surface area (Å²) in [5, 5.41) is 9.57. The number of carbonyl (C=O) groups excluding carboxylic acids is 2. The number of ether oxygens (including phenoxy) is 1. The largest absolute Gasteiger partial charge is 0.379 e. The molecule has 0 unspecified atom stereocenters. The number of anilines is 1. The molecular weight excluding hydrogens is 420 g/mol. The second kappa shape index (κ2) is 9.19. The molecule has 2 aromatic rings. The molecule has 1 aromatic heterocycles. The number of amides is 2. The average Bonchev–Trinajstić information content (AvgIpc) is 3.13. The van der Waals surface area contributed by atoms with Gasteiger partial charge in [0.1, 0.15) is 5.82 Å². The average molecular weight is 449 g/mol. The molecule has 0 aliphatic carbocycles. The number of sulfone groups is 1. The first-order chi connectivity index (χ1) is 14.6. The van der Waals surface area contributed by atoms with Gasteiger partial charge in [0, 0.05) is 18.7 Å². The molecule has 0 saturated carbocycles. The zero-order valence-electron chi connectivity index (χ0n) is 18.2. The molecule has 9 nitrogen and oxygen atoms in total. The molecular formula is C21H28N4O5S. The lowest BCUT2D eigenvalue weighted by Crippen LogP contribution is -2.37. The third-order valence-electron chi connectivity index (χ3n) is 4.86. The standard InChI is InChI=1S/C21H28N4O5S/c1-13(2)30-9-5-8-22-20(26)21(27)23-19-16-11-31(28,29)12-17(16)24-25(19)18-7-6-14(3)10-15(18)4/h6-7,10,13H,5,8-9,11-12H2,1-4H3,(H,22,26)(H,23,27). The van der Waals surface area contributed by atoms with Crippen molar-refractivity contribution in [3.8, 4) is 5.69 Å². The van der Waals surface area contributed by atoms with Crippen LogP contribution in [0.2, 0.25) is 0 Å². The zero-order chi connectivity index (χ0) is 22.8. The summed E-state index contributed by atoms with van der Waals surface area (Å²) in [4.78, 5) is 24.8. The van der Waals surface area contributed by atoms with E-state index in [0.29, 0.717) is 36.5 Å². The van der Waals surface area contributed by atoms with Crippen LogP contribution in [0.5, 0.6) is 0 Å². The fraction of sp³-hybridized carbons (Fsp3) is 0.476. The first kappa shape index (κ1) is 23.0. The van der Waals surface area contributed by atoms with Gasteiger partial charge in [-0.2, -0.15) is 5.10 Å². The lowest BCUT2D eigenvalue weighted by atomic mass is 10.1. The number of benzene rings is 1. The van der Waals surface area contributed by atoms with E-state index in [1.165, 1.54) is 4.68 Å². The van der Waals surface area contributed by atoms with Gasteiger partial charge in [0.05, 0.1) is 29.0 Å². The third-order valence-corrected chi connectivity index (χ3v) is 6.31. The molecule has 168 valence electrons. The number of hydrogen-bond donors (Lipinski definition) is 2. The second-order valence-corrected chi connectivity index (χ2v) is 10.1. The summed E-state index contributed by atoms with van der Waals surface area (Å²) >= 11 is 0. The highest BCUT2D eigenvalue weighted by Gasteiger charge is 2.34. The van der Waals surface area contributed by atoms with Crippen LogP contribution in [0.25, 0.3) is 5.69 Å². The molecule has 0 radical (unpaired) electrons. The molecule has 2 N–H and O–H groups in total. The Hall–Kier alpha value is -2.72. The Morgan fingerprint density at radius 3 is 2.61 bits per heavy atom. The van der Waals surface area contributed by atoms with Crippen molar-refractivity contribution < 1.29 is 22.7 Å². The zero-order valence-corrected chi connectivity index (χ0v) is 19.0. The summed E-state index contributed by atoms with van der Waals surface area (Å²) < 4.78 is 31.1. The minimum Gasteiger partial charge on any atom is -0.379 e. The Morgan fingerprint density at radius 1 is 1.19 bits per heavy atom. The Morgan fingerprint density at radius 2 is 1.94 bits per heavy atom. The highest BCUT2D eigenvalue weighted by Crippen LogP contribution is 2.33. The number of hydrogen-bond acceptors (Lipinski definition) is 6. The SMILES string of the molecule is Cc1ccc(-n2nc3c(c2NC(=O)C(=O)NCCCOC(C)C)CS(=O)(=O)C3)c(C)c1. The molecule has 1 aliphatic rings. The number of carbonyl (C=O) groups is 2. The lowest BCUT2D eigenvalue weighted by molar-refractivity contribution is -0.136. The maximum atomic E-state index is 12.5. The quantitative estimate of drug-likeness (QED) is 0.492. The normalized spacial score (nSPS) is 14.5. The van der Waals surface area contributed by atoms with Crippen molar-refractivity contribution in [2.75, 3.05) is 18.5 Å². The van der Waals surface area contributed by atoms with Crippen molar-refractivity contribution in [1.82, 2.24) is 15.1 Å². The molecule has 31 heavy (non-hydrogen) atoms. The number of fused-ring (bicyclic) bond motifs is 1. The maximum Gasteiger partial charge on any atom is 0.314 e. The van der Waals surface area contributed by atoms with E-state index in [0.717, 1.165) is 11.1 Å². The number of nitrogens with one attached hydrogen (secondary N) is 2. The van der Waals surface area contributed by atoms with Crippen LogP contribution in [0.15, 0.2) is 18.2 Å². The van der Waals surface area contributed by atoms with Gasteiger partial charge < -0.3 is 15.4 Å². The molecule has 0 spiro atoms. The Labute approximate surface area is 182 Å². The van der Waals surface area contributed by atoms with Crippen molar-refractivity contribution in [1.29, 1.82) is 0 Å². The molecule has 1 aromatic carbocycles. The molecule has 2 amide bonds. The summed E-state index contributed by atoms with van der Waals surface area (Å²) in [6.07, 6.45) is 0.675. The first-order valence-corrected chi connectivity index (χ1v) is 12.0. The fourth-order valence-electron chi connectivity index (χ4n) is 3.43. The summed E-state index contributed by atoms with van der Waals surface area (Å²) in [6, 6.07) is 5.73. The smallest absolute Gasteiger partial charge is 0.314 e. The summed E-state index contributed by atoms with van der Waals surface area (Å²) in [5.74, 6) is -1.87.